The number of amides is 1. The third-order valence-corrected chi connectivity index (χ3v) is 5.80. The fourth-order valence-electron chi connectivity index (χ4n) is 3.78. The van der Waals surface area contributed by atoms with Gasteiger partial charge in [-0.25, -0.2) is 0 Å². The van der Waals surface area contributed by atoms with Crippen molar-refractivity contribution < 1.29 is 14.3 Å². The number of carbonyl (C=O) groups is 1. The molecule has 4 rings (SSSR count). The summed E-state index contributed by atoms with van der Waals surface area (Å²) in [6.07, 6.45) is 5.21. The van der Waals surface area contributed by atoms with Gasteiger partial charge in [0.25, 0.3) is 5.91 Å². The van der Waals surface area contributed by atoms with Crippen molar-refractivity contribution in [2.24, 2.45) is 0 Å². The Morgan fingerprint density at radius 1 is 1.15 bits per heavy atom. The maximum Gasteiger partial charge on any atom is 0.251 e. The Morgan fingerprint density at radius 3 is 2.78 bits per heavy atom. The van der Waals surface area contributed by atoms with Crippen LogP contribution in [-0.4, -0.2) is 31.3 Å². The number of benzene rings is 2. The van der Waals surface area contributed by atoms with Gasteiger partial charge in [0.2, 0.25) is 0 Å². The van der Waals surface area contributed by atoms with E-state index >= 15 is 0 Å². The third kappa shape index (κ3) is 4.71. The minimum atomic E-state index is -0.0220. The van der Waals surface area contributed by atoms with Gasteiger partial charge < -0.3 is 14.8 Å². The highest BCUT2D eigenvalue weighted by atomic mass is 79.9. The molecule has 2 unspecified atom stereocenters. The number of ether oxygens (including phenoxy) is 2. The topological polar surface area (TPSA) is 47.6 Å². The molecule has 0 spiro atoms. The number of nitrogens with one attached hydrogen (secondary N) is 1. The molecular formula is C22H24BrNO3. The molecule has 142 valence electrons. The van der Waals surface area contributed by atoms with E-state index in [1.807, 2.05) is 24.3 Å². The molecule has 1 fully saturated rings. The summed E-state index contributed by atoms with van der Waals surface area (Å²) in [5.74, 6) is 0.755. The van der Waals surface area contributed by atoms with Crippen LogP contribution in [0.4, 0.5) is 0 Å². The van der Waals surface area contributed by atoms with Crippen LogP contribution in [0.25, 0.3) is 0 Å². The molecule has 2 atom stereocenters. The van der Waals surface area contributed by atoms with Crippen LogP contribution in [0, 0.1) is 0 Å². The molecule has 0 saturated carbocycles. The average Bonchev–Trinajstić information content (AvgIpc) is 3.20. The molecule has 0 aromatic heterocycles. The Morgan fingerprint density at radius 2 is 2.00 bits per heavy atom. The van der Waals surface area contributed by atoms with Gasteiger partial charge in [-0.1, -0.05) is 22.0 Å². The first-order chi connectivity index (χ1) is 13.2. The number of carbonyl (C=O) groups excluding carboxylic acids is 1. The Bertz CT molecular complexity index is 800. The van der Waals surface area contributed by atoms with E-state index in [1.54, 1.807) is 0 Å². The van der Waals surface area contributed by atoms with Crippen molar-refractivity contribution in [3.8, 4) is 5.75 Å². The molecule has 0 bridgehead atoms. The van der Waals surface area contributed by atoms with Crippen LogP contribution < -0.4 is 10.1 Å². The largest absolute Gasteiger partial charge is 0.491 e. The van der Waals surface area contributed by atoms with Crippen LogP contribution in [0.3, 0.4) is 0 Å². The number of aryl methyl sites for hydroxylation is 1. The van der Waals surface area contributed by atoms with Crippen LogP contribution >= 0.6 is 15.9 Å². The van der Waals surface area contributed by atoms with E-state index in [9.17, 15) is 4.79 Å². The summed E-state index contributed by atoms with van der Waals surface area (Å²) in [6, 6.07) is 14.0. The summed E-state index contributed by atoms with van der Waals surface area (Å²) in [7, 11) is 0. The van der Waals surface area contributed by atoms with Crippen LogP contribution in [-0.2, 0) is 17.6 Å². The molecule has 27 heavy (non-hydrogen) atoms. The maximum atomic E-state index is 12.6. The predicted molar refractivity (Wildman–Crippen MR) is 108 cm³/mol. The zero-order valence-electron chi connectivity index (χ0n) is 15.2. The predicted octanol–water partition coefficient (Wildman–Crippen LogP) is 4.29. The van der Waals surface area contributed by atoms with Crippen molar-refractivity contribution >= 4 is 21.8 Å². The second-order valence-electron chi connectivity index (χ2n) is 7.30. The SMILES string of the molecule is O=C(NC1CCc2cc(Br)ccc2C1)c1ccc(OCC2CCCO2)cc1. The molecule has 2 aromatic carbocycles. The summed E-state index contributed by atoms with van der Waals surface area (Å²) in [5.41, 5.74) is 3.37. The van der Waals surface area contributed by atoms with Crippen molar-refractivity contribution in [2.45, 2.75) is 44.2 Å². The van der Waals surface area contributed by atoms with Crippen molar-refractivity contribution in [1.82, 2.24) is 5.32 Å². The Labute approximate surface area is 168 Å². The first-order valence-electron chi connectivity index (χ1n) is 9.60. The van der Waals surface area contributed by atoms with Gasteiger partial charge in [0, 0.05) is 22.7 Å². The number of hydrogen-bond donors (Lipinski definition) is 1. The van der Waals surface area contributed by atoms with Gasteiger partial charge in [0.05, 0.1) is 6.10 Å². The van der Waals surface area contributed by atoms with E-state index in [4.69, 9.17) is 9.47 Å². The van der Waals surface area contributed by atoms with Gasteiger partial charge in [-0.3, -0.25) is 4.79 Å². The Balaban J connectivity index is 1.31. The molecule has 1 N–H and O–H groups in total. The summed E-state index contributed by atoms with van der Waals surface area (Å²) < 4.78 is 12.4. The lowest BCUT2D eigenvalue weighted by Gasteiger charge is -2.25. The molecule has 1 heterocycles. The second-order valence-corrected chi connectivity index (χ2v) is 8.21. The van der Waals surface area contributed by atoms with Crippen LogP contribution in [0.1, 0.15) is 40.7 Å². The molecule has 1 amide bonds. The highest BCUT2D eigenvalue weighted by Gasteiger charge is 2.21. The fraction of sp³-hybridized carbons (Fsp3) is 0.409. The van der Waals surface area contributed by atoms with Gasteiger partial charge in [-0.15, -0.1) is 0 Å². The van der Waals surface area contributed by atoms with Crippen molar-refractivity contribution in [3.63, 3.8) is 0 Å². The number of rotatable bonds is 5. The minimum Gasteiger partial charge on any atom is -0.491 e. The van der Waals surface area contributed by atoms with Gasteiger partial charge >= 0.3 is 0 Å². The van der Waals surface area contributed by atoms with Gasteiger partial charge in [-0.05, 0) is 79.6 Å². The van der Waals surface area contributed by atoms with Crippen LogP contribution in [0.2, 0.25) is 0 Å². The second kappa shape index (κ2) is 8.44. The smallest absolute Gasteiger partial charge is 0.251 e. The lowest BCUT2D eigenvalue weighted by Crippen LogP contribution is -2.38. The summed E-state index contributed by atoms with van der Waals surface area (Å²) in [5, 5.41) is 3.18. The molecule has 5 heteroatoms. The highest BCUT2D eigenvalue weighted by Crippen LogP contribution is 2.25. The zero-order valence-corrected chi connectivity index (χ0v) is 16.8. The summed E-state index contributed by atoms with van der Waals surface area (Å²) in [6.45, 7) is 1.40. The lowest BCUT2D eigenvalue weighted by atomic mass is 9.88. The van der Waals surface area contributed by atoms with Gasteiger partial charge in [0.1, 0.15) is 12.4 Å². The van der Waals surface area contributed by atoms with Crippen molar-refractivity contribution in [1.29, 1.82) is 0 Å². The van der Waals surface area contributed by atoms with E-state index in [2.05, 4.69) is 39.4 Å². The molecule has 2 aliphatic rings. The Kier molecular flexibility index (Phi) is 5.79. The van der Waals surface area contributed by atoms with Crippen LogP contribution in [0.5, 0.6) is 5.75 Å². The number of halogens is 1. The first-order valence-corrected chi connectivity index (χ1v) is 10.4. The van der Waals surface area contributed by atoms with E-state index in [0.717, 1.165) is 48.9 Å². The molecule has 4 nitrogen and oxygen atoms in total. The normalized spacial score (nSPS) is 21.5. The molecule has 1 aliphatic carbocycles. The minimum absolute atomic E-state index is 0.0220. The molecule has 1 aliphatic heterocycles. The van der Waals surface area contributed by atoms with E-state index < -0.39 is 0 Å². The van der Waals surface area contributed by atoms with Crippen LogP contribution in [0.15, 0.2) is 46.9 Å². The first kappa shape index (κ1) is 18.5. The number of hydrogen-bond acceptors (Lipinski definition) is 3. The van der Waals surface area contributed by atoms with Crippen molar-refractivity contribution in [2.75, 3.05) is 13.2 Å². The molecular weight excluding hydrogens is 406 g/mol. The van der Waals surface area contributed by atoms with Gasteiger partial charge in [-0.2, -0.15) is 0 Å². The third-order valence-electron chi connectivity index (χ3n) is 5.31. The van der Waals surface area contributed by atoms with E-state index in [-0.39, 0.29) is 18.1 Å². The molecule has 1 saturated heterocycles. The number of fused-ring (bicyclic) bond motifs is 1. The standard InChI is InChI=1S/C22H24BrNO3/c23-18-7-3-17-13-19(8-4-16(17)12-18)24-22(25)15-5-9-20(10-6-15)27-14-21-2-1-11-26-21/h3,5-7,9-10,12,19,21H,1-2,4,8,11,13-14H2,(H,24,25). The Hall–Kier alpha value is -1.85. The zero-order chi connectivity index (χ0) is 18.6. The molecule has 2 aromatic rings. The highest BCUT2D eigenvalue weighted by molar-refractivity contribution is 9.10. The average molecular weight is 430 g/mol. The fourth-order valence-corrected chi connectivity index (χ4v) is 4.19. The molecule has 0 radical (unpaired) electrons. The summed E-state index contributed by atoms with van der Waals surface area (Å²) in [4.78, 5) is 12.6. The van der Waals surface area contributed by atoms with Crippen molar-refractivity contribution in [3.05, 3.63) is 63.6 Å². The van der Waals surface area contributed by atoms with E-state index in [0.29, 0.717) is 12.2 Å². The quantitative estimate of drug-likeness (QED) is 0.770. The maximum absolute atomic E-state index is 12.6. The van der Waals surface area contributed by atoms with E-state index in [1.165, 1.54) is 11.1 Å². The lowest BCUT2D eigenvalue weighted by molar-refractivity contribution is 0.0679. The van der Waals surface area contributed by atoms with Gasteiger partial charge in [0.15, 0.2) is 0 Å². The summed E-state index contributed by atoms with van der Waals surface area (Å²) >= 11 is 3.53. The monoisotopic (exact) mass is 429 g/mol.